The Labute approximate surface area is 186 Å². The highest BCUT2D eigenvalue weighted by molar-refractivity contribution is 7.16. The maximum atomic E-state index is 12.4. The van der Waals surface area contributed by atoms with Gasteiger partial charge >= 0.3 is 0 Å². The second-order valence-corrected chi connectivity index (χ2v) is 8.11. The number of ether oxygens (including phenoxy) is 2. The Morgan fingerprint density at radius 1 is 1.20 bits per heavy atom. The normalized spacial score (nSPS) is 11.7. The first-order valence-corrected chi connectivity index (χ1v) is 10.5. The van der Waals surface area contributed by atoms with Crippen LogP contribution in [-0.4, -0.2) is 36.7 Å². The first-order chi connectivity index (χ1) is 14.4. The van der Waals surface area contributed by atoms with Crippen molar-refractivity contribution in [3.63, 3.8) is 0 Å². The van der Waals surface area contributed by atoms with Crippen LogP contribution in [0, 0.1) is 0 Å². The highest BCUT2D eigenvalue weighted by Crippen LogP contribution is 2.27. The zero-order valence-electron chi connectivity index (χ0n) is 16.3. The molecule has 0 aliphatic heterocycles. The molecule has 3 rings (SSSR count). The van der Waals surface area contributed by atoms with Crippen molar-refractivity contribution in [2.75, 3.05) is 25.6 Å². The van der Waals surface area contributed by atoms with Crippen LogP contribution in [0.5, 0.6) is 5.75 Å². The van der Waals surface area contributed by atoms with Gasteiger partial charge in [-0.3, -0.25) is 9.59 Å². The van der Waals surface area contributed by atoms with Gasteiger partial charge in [-0.1, -0.05) is 34.5 Å². The van der Waals surface area contributed by atoms with E-state index in [0.717, 1.165) is 10.2 Å². The smallest absolute Gasteiger partial charge is 0.286 e. The van der Waals surface area contributed by atoms with Crippen LogP contribution in [-0.2, 0) is 20.9 Å². The SMILES string of the molecule is COCCn1c(=NC(=O)COc2ccc(Cl)cc2Cl)sc2cc(NC(C)=O)ccc21. The van der Waals surface area contributed by atoms with Gasteiger partial charge in [-0.15, -0.1) is 0 Å². The molecule has 0 saturated heterocycles. The van der Waals surface area contributed by atoms with E-state index < -0.39 is 5.91 Å². The lowest BCUT2D eigenvalue weighted by Crippen LogP contribution is -2.21. The van der Waals surface area contributed by atoms with E-state index in [1.807, 2.05) is 16.7 Å². The first-order valence-electron chi connectivity index (χ1n) is 8.92. The number of amides is 2. The zero-order valence-corrected chi connectivity index (χ0v) is 18.6. The van der Waals surface area contributed by atoms with Gasteiger partial charge in [-0.25, -0.2) is 0 Å². The van der Waals surface area contributed by atoms with E-state index >= 15 is 0 Å². The van der Waals surface area contributed by atoms with E-state index in [2.05, 4.69) is 10.3 Å². The Hall–Kier alpha value is -2.39. The zero-order chi connectivity index (χ0) is 21.7. The molecule has 2 amide bonds. The van der Waals surface area contributed by atoms with Crippen molar-refractivity contribution in [3.05, 3.63) is 51.2 Å². The van der Waals surface area contributed by atoms with Crippen LogP contribution in [0.15, 0.2) is 41.4 Å². The number of thiazole rings is 1. The highest BCUT2D eigenvalue weighted by Gasteiger charge is 2.11. The molecule has 0 unspecified atom stereocenters. The number of benzene rings is 2. The summed E-state index contributed by atoms with van der Waals surface area (Å²) in [6.07, 6.45) is 0. The number of carbonyl (C=O) groups excluding carboxylic acids is 2. The van der Waals surface area contributed by atoms with E-state index in [-0.39, 0.29) is 12.5 Å². The average Bonchev–Trinajstić information content (AvgIpc) is 3.01. The van der Waals surface area contributed by atoms with Gasteiger partial charge in [0.15, 0.2) is 11.4 Å². The van der Waals surface area contributed by atoms with Crippen LogP contribution in [0.25, 0.3) is 10.2 Å². The van der Waals surface area contributed by atoms with Crippen molar-refractivity contribution < 1.29 is 19.1 Å². The molecule has 1 heterocycles. The van der Waals surface area contributed by atoms with Crippen molar-refractivity contribution in [1.82, 2.24) is 4.57 Å². The van der Waals surface area contributed by atoms with Gasteiger partial charge in [-0.05, 0) is 36.4 Å². The second-order valence-electron chi connectivity index (χ2n) is 6.26. The molecule has 7 nitrogen and oxygen atoms in total. The van der Waals surface area contributed by atoms with E-state index in [4.69, 9.17) is 32.7 Å². The van der Waals surface area contributed by atoms with Crippen molar-refractivity contribution in [3.8, 4) is 5.75 Å². The van der Waals surface area contributed by atoms with Gasteiger partial charge in [-0.2, -0.15) is 4.99 Å². The number of carbonyl (C=O) groups is 2. The van der Waals surface area contributed by atoms with Crippen LogP contribution in [0.3, 0.4) is 0 Å². The molecule has 0 spiro atoms. The molecular formula is C20H19Cl2N3O4S. The largest absolute Gasteiger partial charge is 0.482 e. The molecule has 0 saturated carbocycles. The number of rotatable bonds is 7. The molecular weight excluding hydrogens is 449 g/mol. The Balaban J connectivity index is 1.88. The number of methoxy groups -OCH3 is 1. The fraction of sp³-hybridized carbons (Fsp3) is 0.250. The summed E-state index contributed by atoms with van der Waals surface area (Å²) in [6, 6.07) is 10.3. The van der Waals surface area contributed by atoms with Crippen LogP contribution in [0.4, 0.5) is 5.69 Å². The molecule has 0 aliphatic rings. The average molecular weight is 468 g/mol. The number of hydrogen-bond donors (Lipinski definition) is 1. The molecule has 2 aromatic carbocycles. The summed E-state index contributed by atoms with van der Waals surface area (Å²) in [4.78, 5) is 28.5. The standard InChI is InChI=1S/C20H19Cl2N3O4S/c1-12(26)23-14-4-5-16-18(10-14)30-20(25(16)7-8-28-2)24-19(27)11-29-17-6-3-13(21)9-15(17)22/h3-6,9-10H,7-8,11H2,1-2H3,(H,23,26). The fourth-order valence-electron chi connectivity index (χ4n) is 2.71. The molecule has 0 atom stereocenters. The maximum absolute atomic E-state index is 12.4. The Morgan fingerprint density at radius 2 is 2.00 bits per heavy atom. The number of aromatic nitrogens is 1. The van der Waals surface area contributed by atoms with Gasteiger partial charge in [0.2, 0.25) is 5.91 Å². The first kappa shape index (κ1) is 22.3. The molecule has 0 aliphatic carbocycles. The summed E-state index contributed by atoms with van der Waals surface area (Å²) in [7, 11) is 1.61. The van der Waals surface area contributed by atoms with Gasteiger partial charge in [0.05, 0.1) is 21.8 Å². The van der Waals surface area contributed by atoms with E-state index in [1.54, 1.807) is 25.3 Å². The maximum Gasteiger partial charge on any atom is 0.286 e. The van der Waals surface area contributed by atoms with Gasteiger partial charge in [0.25, 0.3) is 5.91 Å². The number of halogens is 2. The lowest BCUT2D eigenvalue weighted by Gasteiger charge is -2.06. The van der Waals surface area contributed by atoms with Crippen molar-refractivity contribution in [2.45, 2.75) is 13.5 Å². The third-order valence-electron chi connectivity index (χ3n) is 3.99. The molecule has 0 fully saturated rings. The summed E-state index contributed by atoms with van der Waals surface area (Å²) >= 11 is 13.3. The van der Waals surface area contributed by atoms with E-state index in [1.165, 1.54) is 24.3 Å². The molecule has 0 radical (unpaired) electrons. The molecule has 0 bridgehead atoms. The van der Waals surface area contributed by atoms with Crippen LogP contribution >= 0.6 is 34.5 Å². The summed E-state index contributed by atoms with van der Waals surface area (Å²) in [5.41, 5.74) is 1.56. The number of anilines is 1. The lowest BCUT2D eigenvalue weighted by atomic mass is 10.3. The van der Waals surface area contributed by atoms with Crippen molar-refractivity contribution >= 4 is 62.3 Å². The van der Waals surface area contributed by atoms with E-state index in [0.29, 0.717) is 39.4 Å². The quantitative estimate of drug-likeness (QED) is 0.566. The lowest BCUT2D eigenvalue weighted by molar-refractivity contribution is -0.120. The number of nitrogens with zero attached hydrogens (tertiary/aromatic N) is 2. The Morgan fingerprint density at radius 3 is 2.70 bits per heavy atom. The van der Waals surface area contributed by atoms with Crippen LogP contribution in [0.2, 0.25) is 10.0 Å². The summed E-state index contributed by atoms with van der Waals surface area (Å²) < 4.78 is 13.4. The molecule has 30 heavy (non-hydrogen) atoms. The predicted octanol–water partition coefficient (Wildman–Crippen LogP) is 4.12. The minimum absolute atomic E-state index is 0.156. The summed E-state index contributed by atoms with van der Waals surface area (Å²) in [5.74, 6) is -0.259. The highest BCUT2D eigenvalue weighted by atomic mass is 35.5. The molecule has 10 heteroatoms. The predicted molar refractivity (Wildman–Crippen MR) is 119 cm³/mol. The Kier molecular flexibility index (Phi) is 7.49. The topological polar surface area (TPSA) is 81.9 Å². The minimum atomic E-state index is -0.458. The number of nitrogens with one attached hydrogen (secondary N) is 1. The molecule has 158 valence electrons. The van der Waals surface area contributed by atoms with Gasteiger partial charge in [0, 0.05) is 31.3 Å². The minimum Gasteiger partial charge on any atom is -0.482 e. The van der Waals surface area contributed by atoms with Crippen LogP contribution in [0.1, 0.15) is 6.92 Å². The van der Waals surface area contributed by atoms with Crippen LogP contribution < -0.4 is 14.9 Å². The summed E-state index contributed by atoms with van der Waals surface area (Å²) in [5, 5.41) is 3.55. The van der Waals surface area contributed by atoms with E-state index in [9.17, 15) is 9.59 Å². The van der Waals surface area contributed by atoms with Crippen molar-refractivity contribution in [2.24, 2.45) is 4.99 Å². The van der Waals surface area contributed by atoms with Crippen molar-refractivity contribution in [1.29, 1.82) is 0 Å². The number of fused-ring (bicyclic) bond motifs is 1. The molecule has 1 aromatic heterocycles. The Bertz CT molecular complexity index is 1160. The fourth-order valence-corrected chi connectivity index (χ4v) is 4.28. The van der Waals surface area contributed by atoms with Gasteiger partial charge < -0.3 is 19.4 Å². The molecule has 3 aromatic rings. The third-order valence-corrected chi connectivity index (χ3v) is 5.56. The molecule has 1 N–H and O–H groups in total. The second kappa shape index (κ2) is 10.1. The van der Waals surface area contributed by atoms with Gasteiger partial charge in [0.1, 0.15) is 5.75 Å². The monoisotopic (exact) mass is 467 g/mol. The number of hydrogen-bond acceptors (Lipinski definition) is 5. The summed E-state index contributed by atoms with van der Waals surface area (Å²) in [6.45, 7) is 2.16. The third kappa shape index (κ3) is 5.60.